The van der Waals surface area contributed by atoms with Crippen LogP contribution in [0.4, 0.5) is 5.69 Å². The SMILES string of the molecule is N=CN(C(=N)c1cccc(NC(=O)c2cc(-c3cncc4ccccc34)ccn2)c1)C1CC1. The fraction of sp³-hybridized carbons (Fsp3) is 0.115. The van der Waals surface area contributed by atoms with Gasteiger partial charge in [-0.1, -0.05) is 36.4 Å². The summed E-state index contributed by atoms with van der Waals surface area (Å²) in [5, 5.41) is 21.0. The van der Waals surface area contributed by atoms with Crippen LogP contribution in [0.5, 0.6) is 0 Å². The fourth-order valence-electron chi connectivity index (χ4n) is 3.86. The molecule has 1 amide bonds. The molecule has 33 heavy (non-hydrogen) atoms. The quantitative estimate of drug-likeness (QED) is 0.295. The van der Waals surface area contributed by atoms with E-state index in [0.29, 0.717) is 16.9 Å². The van der Waals surface area contributed by atoms with Crippen LogP contribution in [0.3, 0.4) is 0 Å². The maximum absolute atomic E-state index is 13.0. The van der Waals surface area contributed by atoms with Gasteiger partial charge in [0.15, 0.2) is 0 Å². The normalized spacial score (nSPS) is 12.8. The van der Waals surface area contributed by atoms with Crippen molar-refractivity contribution in [1.82, 2.24) is 14.9 Å². The molecule has 1 fully saturated rings. The molecule has 2 aromatic heterocycles. The summed E-state index contributed by atoms with van der Waals surface area (Å²) in [5.41, 5.74) is 3.31. The van der Waals surface area contributed by atoms with E-state index in [-0.39, 0.29) is 17.8 Å². The number of anilines is 1. The molecule has 1 saturated carbocycles. The zero-order chi connectivity index (χ0) is 22.8. The minimum Gasteiger partial charge on any atom is -0.321 e. The summed E-state index contributed by atoms with van der Waals surface area (Å²) < 4.78 is 0. The van der Waals surface area contributed by atoms with Gasteiger partial charge >= 0.3 is 0 Å². The minimum absolute atomic E-state index is 0.226. The Hall–Kier alpha value is -4.39. The number of aromatic nitrogens is 2. The Morgan fingerprint density at radius 1 is 1.06 bits per heavy atom. The molecule has 7 nitrogen and oxygen atoms in total. The first-order valence-corrected chi connectivity index (χ1v) is 10.7. The van der Waals surface area contributed by atoms with E-state index in [4.69, 9.17) is 10.8 Å². The molecule has 0 bridgehead atoms. The number of carbonyl (C=O) groups excluding carboxylic acids is 1. The van der Waals surface area contributed by atoms with Crippen molar-refractivity contribution in [2.75, 3.05) is 5.32 Å². The summed E-state index contributed by atoms with van der Waals surface area (Å²) in [6.07, 6.45) is 8.41. The standard InChI is InChI=1S/C26H22N6O/c27-16-32(21-8-9-21)25(28)18-5-3-6-20(12-18)31-26(33)24-13-17(10-11-30-24)23-15-29-14-19-4-1-2-7-22(19)23/h1-7,10-16,21,27-28H,8-9H2,(H,31,33). The molecule has 0 aliphatic heterocycles. The summed E-state index contributed by atoms with van der Waals surface area (Å²) in [6.45, 7) is 0. The smallest absolute Gasteiger partial charge is 0.274 e. The number of pyridine rings is 2. The Morgan fingerprint density at radius 3 is 2.73 bits per heavy atom. The van der Waals surface area contributed by atoms with Crippen molar-refractivity contribution in [3.05, 3.63) is 90.5 Å². The van der Waals surface area contributed by atoms with Gasteiger partial charge in [0.05, 0.1) is 6.34 Å². The number of hydrogen-bond acceptors (Lipinski definition) is 5. The van der Waals surface area contributed by atoms with Gasteiger partial charge in [-0.3, -0.25) is 25.6 Å². The third kappa shape index (κ3) is 4.21. The summed E-state index contributed by atoms with van der Waals surface area (Å²) >= 11 is 0. The number of fused-ring (bicyclic) bond motifs is 1. The Labute approximate surface area is 191 Å². The second-order valence-corrected chi connectivity index (χ2v) is 7.99. The highest BCUT2D eigenvalue weighted by atomic mass is 16.1. The van der Waals surface area contributed by atoms with Crippen LogP contribution in [-0.4, -0.2) is 39.0 Å². The summed E-state index contributed by atoms with van der Waals surface area (Å²) in [5.74, 6) is -0.0768. The molecule has 0 spiro atoms. The Bertz CT molecular complexity index is 1370. The second-order valence-electron chi connectivity index (χ2n) is 7.99. The van der Waals surface area contributed by atoms with Crippen LogP contribution >= 0.6 is 0 Å². The Balaban J connectivity index is 1.39. The van der Waals surface area contributed by atoms with Gasteiger partial charge in [-0.25, -0.2) is 0 Å². The van der Waals surface area contributed by atoms with Crippen molar-refractivity contribution in [2.45, 2.75) is 18.9 Å². The first kappa shape index (κ1) is 20.5. The summed E-state index contributed by atoms with van der Waals surface area (Å²) in [6, 6.07) is 19.0. The predicted octanol–water partition coefficient (Wildman–Crippen LogP) is 4.95. The molecular weight excluding hydrogens is 412 g/mol. The Kier molecular flexibility index (Phi) is 5.36. The van der Waals surface area contributed by atoms with Crippen molar-refractivity contribution < 1.29 is 4.79 Å². The molecule has 0 radical (unpaired) electrons. The molecule has 3 N–H and O–H groups in total. The maximum Gasteiger partial charge on any atom is 0.274 e. The molecule has 1 aliphatic rings. The number of amidine groups is 1. The maximum atomic E-state index is 13.0. The van der Waals surface area contributed by atoms with Crippen LogP contribution in [0.25, 0.3) is 21.9 Å². The van der Waals surface area contributed by atoms with Gasteiger partial charge in [-0.2, -0.15) is 0 Å². The van der Waals surface area contributed by atoms with Gasteiger partial charge in [0.1, 0.15) is 11.5 Å². The molecule has 5 rings (SSSR count). The van der Waals surface area contributed by atoms with E-state index < -0.39 is 0 Å². The average molecular weight is 435 g/mol. The van der Waals surface area contributed by atoms with Gasteiger partial charge < -0.3 is 10.2 Å². The molecule has 162 valence electrons. The van der Waals surface area contributed by atoms with E-state index in [2.05, 4.69) is 15.3 Å². The number of benzene rings is 2. The van der Waals surface area contributed by atoms with Gasteiger partial charge in [-0.15, -0.1) is 0 Å². The molecule has 0 unspecified atom stereocenters. The number of carbonyl (C=O) groups is 1. The average Bonchev–Trinajstić information content (AvgIpc) is 3.69. The predicted molar refractivity (Wildman–Crippen MR) is 130 cm³/mol. The van der Waals surface area contributed by atoms with Crippen LogP contribution in [0.2, 0.25) is 0 Å². The first-order chi connectivity index (χ1) is 16.1. The highest BCUT2D eigenvalue weighted by Gasteiger charge is 2.30. The fourth-order valence-corrected chi connectivity index (χ4v) is 3.86. The number of rotatable bonds is 6. The molecule has 1 aliphatic carbocycles. The highest BCUT2D eigenvalue weighted by Crippen LogP contribution is 2.29. The van der Waals surface area contributed by atoms with Crippen molar-refractivity contribution in [1.29, 1.82) is 10.8 Å². The van der Waals surface area contributed by atoms with E-state index in [1.165, 1.54) is 6.34 Å². The summed E-state index contributed by atoms with van der Waals surface area (Å²) in [7, 11) is 0. The second kappa shape index (κ2) is 8.63. The lowest BCUT2D eigenvalue weighted by atomic mass is 10.0. The van der Waals surface area contributed by atoms with Gasteiger partial charge in [-0.05, 0) is 48.1 Å². The molecule has 0 saturated heterocycles. The lowest BCUT2D eigenvalue weighted by Crippen LogP contribution is -2.31. The van der Waals surface area contributed by atoms with Gasteiger partial charge in [0.2, 0.25) is 0 Å². The van der Waals surface area contributed by atoms with Crippen molar-refractivity contribution in [3.8, 4) is 11.1 Å². The molecular formula is C26H22N6O. The van der Waals surface area contributed by atoms with Crippen LogP contribution < -0.4 is 5.32 Å². The number of amides is 1. The van der Waals surface area contributed by atoms with Crippen molar-refractivity contribution in [3.63, 3.8) is 0 Å². The molecule has 7 heteroatoms. The zero-order valence-corrected chi connectivity index (χ0v) is 17.8. The monoisotopic (exact) mass is 434 g/mol. The third-order valence-corrected chi connectivity index (χ3v) is 5.70. The highest BCUT2D eigenvalue weighted by molar-refractivity contribution is 6.06. The van der Waals surface area contributed by atoms with Gasteiger partial charge in [0, 0.05) is 46.8 Å². The van der Waals surface area contributed by atoms with E-state index >= 15 is 0 Å². The molecule has 2 heterocycles. The van der Waals surface area contributed by atoms with E-state index in [9.17, 15) is 4.79 Å². The molecule has 2 aromatic carbocycles. The summed E-state index contributed by atoms with van der Waals surface area (Å²) in [4.78, 5) is 23.2. The van der Waals surface area contributed by atoms with Crippen LogP contribution in [-0.2, 0) is 0 Å². The largest absolute Gasteiger partial charge is 0.321 e. The van der Waals surface area contributed by atoms with E-state index in [1.807, 2.05) is 42.6 Å². The number of nitrogens with zero attached hydrogens (tertiary/aromatic N) is 3. The topological polar surface area (TPSA) is 106 Å². The lowest BCUT2D eigenvalue weighted by molar-refractivity contribution is 0.102. The minimum atomic E-state index is -0.333. The first-order valence-electron chi connectivity index (χ1n) is 10.7. The number of hydrogen-bond donors (Lipinski definition) is 3. The van der Waals surface area contributed by atoms with Crippen LogP contribution in [0.15, 0.2) is 79.3 Å². The van der Waals surface area contributed by atoms with Crippen molar-refractivity contribution in [2.24, 2.45) is 0 Å². The molecule has 0 atom stereocenters. The van der Waals surface area contributed by atoms with E-state index in [1.54, 1.807) is 41.6 Å². The lowest BCUT2D eigenvalue weighted by Gasteiger charge is -2.19. The van der Waals surface area contributed by atoms with Crippen LogP contribution in [0, 0.1) is 10.8 Å². The number of nitrogens with one attached hydrogen (secondary N) is 3. The van der Waals surface area contributed by atoms with Gasteiger partial charge in [0.25, 0.3) is 5.91 Å². The zero-order valence-electron chi connectivity index (χ0n) is 17.8. The van der Waals surface area contributed by atoms with Crippen LogP contribution in [0.1, 0.15) is 28.9 Å². The third-order valence-electron chi connectivity index (χ3n) is 5.70. The Morgan fingerprint density at radius 2 is 1.91 bits per heavy atom. The van der Waals surface area contributed by atoms with E-state index in [0.717, 1.165) is 34.7 Å². The van der Waals surface area contributed by atoms with Crippen molar-refractivity contribution >= 4 is 34.5 Å². The molecule has 4 aromatic rings.